The van der Waals surface area contributed by atoms with Gasteiger partial charge in [0.25, 0.3) is 0 Å². The van der Waals surface area contributed by atoms with Gasteiger partial charge in [0.15, 0.2) is 0 Å². The first-order valence-electron chi connectivity index (χ1n) is 5.08. The van der Waals surface area contributed by atoms with E-state index in [2.05, 4.69) is 27.7 Å². The summed E-state index contributed by atoms with van der Waals surface area (Å²) in [6.07, 6.45) is 5.29. The molecule has 12 heavy (non-hydrogen) atoms. The van der Waals surface area contributed by atoms with Gasteiger partial charge in [0, 0.05) is 5.88 Å². The molecule has 0 aliphatic carbocycles. The number of halogens is 1. The zero-order valence-electron chi connectivity index (χ0n) is 8.99. The number of hydrogen-bond donors (Lipinski definition) is 0. The number of rotatable bonds is 5. The zero-order valence-corrected chi connectivity index (χ0v) is 9.75. The predicted molar refractivity (Wildman–Crippen MR) is 57.8 cm³/mol. The fourth-order valence-electron chi connectivity index (χ4n) is 1.38. The van der Waals surface area contributed by atoms with Crippen molar-refractivity contribution < 1.29 is 0 Å². The molecule has 0 nitrogen and oxygen atoms in total. The van der Waals surface area contributed by atoms with Crippen LogP contribution < -0.4 is 0 Å². The molecule has 0 saturated carbocycles. The molecule has 0 fully saturated rings. The Bertz CT molecular complexity index is 102. The van der Waals surface area contributed by atoms with Gasteiger partial charge in [0.1, 0.15) is 0 Å². The van der Waals surface area contributed by atoms with Crippen LogP contribution in [0.15, 0.2) is 0 Å². The molecule has 74 valence electrons. The maximum absolute atomic E-state index is 5.93. The maximum Gasteiger partial charge on any atom is 0.0256 e. The molecule has 0 aliphatic heterocycles. The summed E-state index contributed by atoms with van der Waals surface area (Å²) in [4.78, 5) is 0. The third-order valence-electron chi connectivity index (χ3n) is 2.57. The Morgan fingerprint density at radius 1 is 1.17 bits per heavy atom. The lowest BCUT2D eigenvalue weighted by atomic mass is 9.79. The van der Waals surface area contributed by atoms with Gasteiger partial charge in [-0.25, -0.2) is 0 Å². The van der Waals surface area contributed by atoms with Crippen molar-refractivity contribution in [3.05, 3.63) is 0 Å². The second-order valence-electron chi connectivity index (χ2n) is 4.71. The van der Waals surface area contributed by atoms with E-state index < -0.39 is 0 Å². The summed E-state index contributed by atoms with van der Waals surface area (Å²) in [7, 11) is 0. The smallest absolute Gasteiger partial charge is 0.0256 e. The number of hydrogen-bond acceptors (Lipinski definition) is 0. The van der Waals surface area contributed by atoms with Crippen molar-refractivity contribution in [2.24, 2.45) is 11.3 Å². The summed E-state index contributed by atoms with van der Waals surface area (Å²) >= 11 is 5.93. The van der Waals surface area contributed by atoms with Crippen LogP contribution in [0.4, 0.5) is 0 Å². The van der Waals surface area contributed by atoms with Gasteiger partial charge in [-0.15, -0.1) is 11.6 Å². The van der Waals surface area contributed by atoms with Crippen molar-refractivity contribution in [3.8, 4) is 0 Å². The van der Waals surface area contributed by atoms with Crippen LogP contribution in [-0.2, 0) is 0 Å². The van der Waals surface area contributed by atoms with Gasteiger partial charge in [-0.05, 0) is 17.8 Å². The van der Waals surface area contributed by atoms with E-state index in [1.807, 2.05) is 0 Å². The van der Waals surface area contributed by atoms with Gasteiger partial charge in [-0.1, -0.05) is 47.0 Å². The summed E-state index contributed by atoms with van der Waals surface area (Å²) in [5, 5.41) is 0. The molecular formula is C11H23Cl. The Morgan fingerprint density at radius 2 is 1.75 bits per heavy atom. The summed E-state index contributed by atoms with van der Waals surface area (Å²) in [5.41, 5.74) is 0.384. The molecule has 0 aromatic carbocycles. The predicted octanol–water partition coefficient (Wildman–Crippen LogP) is 4.47. The molecule has 0 amide bonds. The van der Waals surface area contributed by atoms with Crippen molar-refractivity contribution in [1.82, 2.24) is 0 Å². The van der Waals surface area contributed by atoms with E-state index in [1.165, 1.54) is 25.7 Å². The molecule has 0 aliphatic rings. The molecule has 0 rings (SSSR count). The van der Waals surface area contributed by atoms with Gasteiger partial charge in [0.2, 0.25) is 0 Å². The lowest BCUT2D eigenvalue weighted by Crippen LogP contribution is -2.21. The highest BCUT2D eigenvalue weighted by Gasteiger charge is 2.22. The lowest BCUT2D eigenvalue weighted by molar-refractivity contribution is 0.244. The van der Waals surface area contributed by atoms with Crippen molar-refractivity contribution in [2.45, 2.75) is 53.4 Å². The zero-order chi connectivity index (χ0) is 9.61. The van der Waals surface area contributed by atoms with Gasteiger partial charge >= 0.3 is 0 Å². The number of alkyl halides is 1. The monoisotopic (exact) mass is 190 g/mol. The third-order valence-corrected chi connectivity index (χ3v) is 2.94. The van der Waals surface area contributed by atoms with E-state index >= 15 is 0 Å². The molecule has 0 N–H and O–H groups in total. The van der Waals surface area contributed by atoms with Crippen LogP contribution in [0.1, 0.15) is 53.4 Å². The fraction of sp³-hybridized carbons (Fsp3) is 1.00. The first-order valence-corrected chi connectivity index (χ1v) is 5.61. The molecule has 0 bridgehead atoms. The standard InChI is InChI=1S/C11H23Cl/c1-5-6-7-8-10(9-12)11(2,3)4/h10H,5-9H2,1-4H3. The molecule has 0 aromatic heterocycles. The molecule has 0 heterocycles. The average Bonchev–Trinajstić information content (AvgIpc) is 1.95. The fourth-order valence-corrected chi connectivity index (χ4v) is 2.00. The highest BCUT2D eigenvalue weighted by Crippen LogP contribution is 2.31. The summed E-state index contributed by atoms with van der Waals surface area (Å²) in [6, 6.07) is 0. The van der Waals surface area contributed by atoms with Crippen LogP contribution in [-0.4, -0.2) is 5.88 Å². The Balaban J connectivity index is 3.68. The van der Waals surface area contributed by atoms with E-state index in [4.69, 9.17) is 11.6 Å². The van der Waals surface area contributed by atoms with E-state index in [-0.39, 0.29) is 0 Å². The third kappa shape index (κ3) is 5.03. The SMILES string of the molecule is CCCCCC(CCl)C(C)(C)C. The van der Waals surface area contributed by atoms with Crippen LogP contribution in [0.5, 0.6) is 0 Å². The molecule has 0 aromatic rings. The van der Waals surface area contributed by atoms with Crippen LogP contribution in [0.2, 0.25) is 0 Å². The maximum atomic E-state index is 5.93. The Labute approximate surface area is 82.7 Å². The Hall–Kier alpha value is 0.290. The topological polar surface area (TPSA) is 0 Å². The highest BCUT2D eigenvalue weighted by molar-refractivity contribution is 6.18. The van der Waals surface area contributed by atoms with Crippen LogP contribution in [0.3, 0.4) is 0 Å². The second-order valence-corrected chi connectivity index (χ2v) is 5.02. The van der Waals surface area contributed by atoms with Gasteiger partial charge in [0.05, 0.1) is 0 Å². The largest absolute Gasteiger partial charge is 0.126 e. The molecular weight excluding hydrogens is 168 g/mol. The van der Waals surface area contributed by atoms with E-state index in [1.54, 1.807) is 0 Å². The van der Waals surface area contributed by atoms with Crippen molar-refractivity contribution in [1.29, 1.82) is 0 Å². The molecule has 1 heteroatoms. The first kappa shape index (κ1) is 12.3. The number of unbranched alkanes of at least 4 members (excludes halogenated alkanes) is 2. The van der Waals surface area contributed by atoms with Crippen LogP contribution >= 0.6 is 11.6 Å². The van der Waals surface area contributed by atoms with Gasteiger partial charge in [-0.2, -0.15) is 0 Å². The highest BCUT2D eigenvalue weighted by atomic mass is 35.5. The van der Waals surface area contributed by atoms with E-state index in [0.717, 1.165) is 5.88 Å². The van der Waals surface area contributed by atoms with Crippen LogP contribution in [0, 0.1) is 11.3 Å². The quantitative estimate of drug-likeness (QED) is 0.444. The molecule has 1 atom stereocenters. The summed E-state index contributed by atoms with van der Waals surface area (Å²) in [6.45, 7) is 9.09. The molecule has 1 unspecified atom stereocenters. The van der Waals surface area contributed by atoms with Gasteiger partial charge in [-0.3, -0.25) is 0 Å². The van der Waals surface area contributed by atoms with Crippen LogP contribution in [0.25, 0.3) is 0 Å². The van der Waals surface area contributed by atoms with Gasteiger partial charge < -0.3 is 0 Å². The first-order chi connectivity index (χ1) is 5.52. The normalized spacial score (nSPS) is 14.8. The average molecular weight is 191 g/mol. The Kier molecular flexibility index (Phi) is 6.00. The lowest BCUT2D eigenvalue weighted by Gasteiger charge is -2.28. The molecule has 0 spiro atoms. The van der Waals surface area contributed by atoms with E-state index in [9.17, 15) is 0 Å². The minimum atomic E-state index is 0.384. The van der Waals surface area contributed by atoms with Crippen molar-refractivity contribution in [3.63, 3.8) is 0 Å². The minimum absolute atomic E-state index is 0.384. The summed E-state index contributed by atoms with van der Waals surface area (Å²) < 4.78 is 0. The van der Waals surface area contributed by atoms with Crippen molar-refractivity contribution >= 4 is 11.6 Å². The Morgan fingerprint density at radius 3 is 2.08 bits per heavy atom. The summed E-state index contributed by atoms with van der Waals surface area (Å²) in [5.74, 6) is 1.50. The van der Waals surface area contributed by atoms with E-state index in [0.29, 0.717) is 11.3 Å². The second kappa shape index (κ2) is 5.85. The van der Waals surface area contributed by atoms with Crippen molar-refractivity contribution in [2.75, 3.05) is 5.88 Å². The molecule has 0 radical (unpaired) electrons. The minimum Gasteiger partial charge on any atom is -0.126 e. The molecule has 0 saturated heterocycles.